The van der Waals surface area contributed by atoms with Crippen molar-refractivity contribution in [2.75, 3.05) is 6.54 Å². The van der Waals surface area contributed by atoms with Crippen molar-refractivity contribution in [1.82, 2.24) is 5.32 Å². The van der Waals surface area contributed by atoms with Gasteiger partial charge in [0.1, 0.15) is 0 Å². The van der Waals surface area contributed by atoms with Gasteiger partial charge in [-0.15, -0.1) is 0 Å². The fourth-order valence-electron chi connectivity index (χ4n) is 3.59. The molecule has 0 bridgehead atoms. The Kier molecular flexibility index (Phi) is 4.03. The molecule has 0 saturated carbocycles. The summed E-state index contributed by atoms with van der Waals surface area (Å²) in [5.74, 6) is 0.729. The summed E-state index contributed by atoms with van der Waals surface area (Å²) < 4.78 is 0. The quantitative estimate of drug-likeness (QED) is 0.768. The molecule has 0 radical (unpaired) electrons. The van der Waals surface area contributed by atoms with E-state index >= 15 is 0 Å². The topological polar surface area (TPSA) is 12.0 Å². The van der Waals surface area contributed by atoms with Crippen LogP contribution in [-0.4, -0.2) is 6.54 Å². The second-order valence-electron chi connectivity index (χ2n) is 6.12. The summed E-state index contributed by atoms with van der Waals surface area (Å²) in [6.07, 6.45) is 10.3. The average Bonchev–Trinajstić information content (AvgIpc) is 2.95. The highest BCUT2D eigenvalue weighted by molar-refractivity contribution is 5.34. The van der Waals surface area contributed by atoms with Gasteiger partial charge in [0.05, 0.1) is 0 Å². The minimum atomic E-state index is 0.578. The first-order valence-corrected chi connectivity index (χ1v) is 7.84. The lowest BCUT2D eigenvalue weighted by Crippen LogP contribution is -2.27. The van der Waals surface area contributed by atoms with Crippen molar-refractivity contribution < 1.29 is 0 Å². The maximum atomic E-state index is 3.78. The van der Waals surface area contributed by atoms with Gasteiger partial charge in [-0.2, -0.15) is 0 Å². The fraction of sp³-hybridized carbons (Fsp3) is 0.556. The predicted molar refractivity (Wildman–Crippen MR) is 81.4 cm³/mol. The van der Waals surface area contributed by atoms with Gasteiger partial charge in [-0.1, -0.05) is 42.8 Å². The van der Waals surface area contributed by atoms with Crippen molar-refractivity contribution in [3.8, 4) is 0 Å². The molecular weight excluding hydrogens is 230 g/mol. The Balaban J connectivity index is 1.61. The van der Waals surface area contributed by atoms with Crippen molar-refractivity contribution in [3.63, 3.8) is 0 Å². The van der Waals surface area contributed by atoms with E-state index in [9.17, 15) is 0 Å². The zero-order valence-electron chi connectivity index (χ0n) is 12.0. The smallest absolute Gasteiger partial charge is 0.0323 e. The molecule has 1 aromatic carbocycles. The Morgan fingerprint density at radius 3 is 2.79 bits per heavy atom. The van der Waals surface area contributed by atoms with E-state index in [0.717, 1.165) is 12.5 Å². The Morgan fingerprint density at radius 1 is 1.16 bits per heavy atom. The van der Waals surface area contributed by atoms with Gasteiger partial charge in [-0.05, 0) is 62.1 Å². The molecule has 3 rings (SSSR count). The molecule has 0 amide bonds. The highest BCUT2D eigenvalue weighted by atomic mass is 14.9. The van der Waals surface area contributed by atoms with Gasteiger partial charge in [0, 0.05) is 6.04 Å². The van der Waals surface area contributed by atoms with Crippen LogP contribution in [0.3, 0.4) is 0 Å². The number of allylic oxidation sites excluding steroid dienone is 1. The molecule has 0 aromatic heterocycles. The van der Waals surface area contributed by atoms with Crippen LogP contribution in [0.1, 0.15) is 68.5 Å². The summed E-state index contributed by atoms with van der Waals surface area (Å²) in [7, 11) is 0. The van der Waals surface area contributed by atoms with Crippen molar-refractivity contribution >= 4 is 0 Å². The Hall–Kier alpha value is -1.08. The summed E-state index contributed by atoms with van der Waals surface area (Å²) in [4.78, 5) is 0. The van der Waals surface area contributed by atoms with E-state index in [4.69, 9.17) is 0 Å². The van der Waals surface area contributed by atoms with Crippen molar-refractivity contribution in [1.29, 1.82) is 0 Å². The van der Waals surface area contributed by atoms with Crippen LogP contribution in [0.15, 0.2) is 35.9 Å². The SMILES string of the molecule is CC1CCC(NCCC2=CCCC2)c2ccccc21. The van der Waals surface area contributed by atoms with Gasteiger partial charge < -0.3 is 5.32 Å². The van der Waals surface area contributed by atoms with Gasteiger partial charge >= 0.3 is 0 Å². The summed E-state index contributed by atoms with van der Waals surface area (Å²) >= 11 is 0. The molecule has 0 spiro atoms. The minimum Gasteiger partial charge on any atom is -0.310 e. The third kappa shape index (κ3) is 2.92. The Morgan fingerprint density at radius 2 is 2.00 bits per heavy atom. The molecule has 1 aromatic rings. The van der Waals surface area contributed by atoms with E-state index in [1.54, 1.807) is 16.7 Å². The summed E-state index contributed by atoms with van der Waals surface area (Å²) in [6.45, 7) is 3.50. The highest BCUT2D eigenvalue weighted by Gasteiger charge is 2.23. The van der Waals surface area contributed by atoms with Crippen LogP contribution in [0, 0.1) is 0 Å². The molecule has 2 aliphatic carbocycles. The summed E-state index contributed by atoms with van der Waals surface area (Å²) in [6, 6.07) is 9.58. The minimum absolute atomic E-state index is 0.578. The summed E-state index contributed by atoms with van der Waals surface area (Å²) in [5.41, 5.74) is 4.78. The standard InChI is InChI=1S/C18H25N/c1-14-10-11-18(17-9-5-4-8-16(14)17)19-13-12-15-6-2-3-7-15/h4-6,8-9,14,18-19H,2-3,7,10-13H2,1H3. The predicted octanol–water partition coefficient (Wildman–Crippen LogP) is 4.72. The van der Waals surface area contributed by atoms with Crippen LogP contribution in [0.25, 0.3) is 0 Å². The van der Waals surface area contributed by atoms with Crippen molar-refractivity contribution in [3.05, 3.63) is 47.0 Å². The first kappa shape index (κ1) is 12.9. The van der Waals surface area contributed by atoms with E-state index in [-0.39, 0.29) is 0 Å². The molecule has 1 nitrogen and oxygen atoms in total. The number of fused-ring (bicyclic) bond motifs is 1. The van der Waals surface area contributed by atoms with Crippen LogP contribution < -0.4 is 5.32 Å². The third-order valence-corrected chi connectivity index (χ3v) is 4.76. The molecule has 102 valence electrons. The number of benzene rings is 1. The van der Waals surface area contributed by atoms with Gasteiger partial charge in [0.25, 0.3) is 0 Å². The lowest BCUT2D eigenvalue weighted by Gasteiger charge is -2.30. The number of hydrogen-bond donors (Lipinski definition) is 1. The largest absolute Gasteiger partial charge is 0.310 e. The monoisotopic (exact) mass is 255 g/mol. The summed E-state index contributed by atoms with van der Waals surface area (Å²) in [5, 5.41) is 3.78. The zero-order valence-corrected chi connectivity index (χ0v) is 12.0. The molecule has 0 fully saturated rings. The van der Waals surface area contributed by atoms with E-state index < -0.39 is 0 Å². The second-order valence-corrected chi connectivity index (χ2v) is 6.12. The average molecular weight is 255 g/mol. The van der Waals surface area contributed by atoms with Crippen LogP contribution in [0.4, 0.5) is 0 Å². The second kappa shape index (κ2) is 5.92. The van der Waals surface area contributed by atoms with Gasteiger partial charge in [0.2, 0.25) is 0 Å². The van der Waals surface area contributed by atoms with Gasteiger partial charge in [-0.3, -0.25) is 0 Å². The van der Waals surface area contributed by atoms with Crippen LogP contribution >= 0.6 is 0 Å². The molecule has 19 heavy (non-hydrogen) atoms. The molecular formula is C18H25N. The molecule has 2 atom stereocenters. The maximum Gasteiger partial charge on any atom is 0.0323 e. The molecule has 2 unspecified atom stereocenters. The number of nitrogens with one attached hydrogen (secondary N) is 1. The number of rotatable bonds is 4. The van der Waals surface area contributed by atoms with Crippen LogP contribution in [-0.2, 0) is 0 Å². The first-order chi connectivity index (χ1) is 9.34. The molecule has 1 heteroatoms. The molecule has 0 saturated heterocycles. The lowest BCUT2D eigenvalue weighted by molar-refractivity contribution is 0.434. The molecule has 0 aliphatic heterocycles. The lowest BCUT2D eigenvalue weighted by atomic mass is 9.81. The first-order valence-electron chi connectivity index (χ1n) is 7.84. The van der Waals surface area contributed by atoms with Crippen molar-refractivity contribution in [2.24, 2.45) is 0 Å². The zero-order chi connectivity index (χ0) is 13.1. The van der Waals surface area contributed by atoms with Crippen LogP contribution in [0.5, 0.6) is 0 Å². The highest BCUT2D eigenvalue weighted by Crippen LogP contribution is 2.37. The molecule has 1 N–H and O–H groups in total. The van der Waals surface area contributed by atoms with E-state index in [1.807, 2.05) is 0 Å². The fourth-order valence-corrected chi connectivity index (χ4v) is 3.59. The van der Waals surface area contributed by atoms with E-state index in [0.29, 0.717) is 6.04 Å². The normalized spacial score (nSPS) is 26.1. The van der Waals surface area contributed by atoms with Gasteiger partial charge in [0.15, 0.2) is 0 Å². The maximum absolute atomic E-state index is 3.78. The van der Waals surface area contributed by atoms with Crippen molar-refractivity contribution in [2.45, 2.75) is 57.4 Å². The Bertz CT molecular complexity index is 461. The molecule has 0 heterocycles. The van der Waals surface area contributed by atoms with Crippen LogP contribution in [0.2, 0.25) is 0 Å². The van der Waals surface area contributed by atoms with E-state index in [2.05, 4.69) is 42.6 Å². The molecule has 2 aliphatic rings. The number of hydrogen-bond acceptors (Lipinski definition) is 1. The van der Waals surface area contributed by atoms with Gasteiger partial charge in [-0.25, -0.2) is 0 Å². The van der Waals surface area contributed by atoms with E-state index in [1.165, 1.54) is 38.5 Å². The Labute approximate surface area is 117 Å². The third-order valence-electron chi connectivity index (χ3n) is 4.76.